The van der Waals surface area contributed by atoms with Gasteiger partial charge in [-0.1, -0.05) is 82.6 Å². The summed E-state index contributed by atoms with van der Waals surface area (Å²) in [6, 6.07) is 7.43. The molecule has 0 radical (unpaired) electrons. The van der Waals surface area contributed by atoms with Crippen molar-refractivity contribution in [3.8, 4) is 5.75 Å². The Morgan fingerprint density at radius 1 is 0.833 bits per heavy atom. The molecule has 3 heteroatoms. The van der Waals surface area contributed by atoms with Gasteiger partial charge in [0, 0.05) is 5.39 Å². The Labute approximate surface area is 217 Å². The lowest BCUT2D eigenvalue weighted by molar-refractivity contribution is 0.140. The van der Waals surface area contributed by atoms with Crippen LogP contribution in [0.5, 0.6) is 5.75 Å². The van der Waals surface area contributed by atoms with Crippen LogP contribution in [-0.4, -0.2) is 6.61 Å². The van der Waals surface area contributed by atoms with Crippen LogP contribution < -0.4 is 4.74 Å². The summed E-state index contributed by atoms with van der Waals surface area (Å²) >= 11 is 0. The molecule has 198 valence electrons. The zero-order chi connectivity index (χ0) is 25.3. The first kappa shape index (κ1) is 27.1. The fraction of sp³-hybridized carbons (Fsp3) is 0.636. The molecule has 0 aromatic heterocycles. The third-order valence-corrected chi connectivity index (χ3v) is 9.13. The van der Waals surface area contributed by atoms with Crippen LogP contribution in [0.25, 0.3) is 10.8 Å². The van der Waals surface area contributed by atoms with Crippen molar-refractivity contribution < 1.29 is 13.5 Å². The van der Waals surface area contributed by atoms with Gasteiger partial charge in [0.2, 0.25) is 5.82 Å². The number of allylic oxidation sites excluding steroid dienone is 1. The monoisotopic (exact) mass is 496 g/mol. The Hall–Kier alpha value is -1.90. The molecule has 2 aliphatic carbocycles. The molecule has 36 heavy (non-hydrogen) atoms. The standard InChI is InChI=1S/C33H46F2O/c1-3-5-7-8-24-11-16-27(17-12-24)28-18-13-25(14-19-28)9-10-26-15-20-29-23-31(36-21-6-4-2)33(35)32(34)30(29)22-26/h4,6,15,20,22-25,27-28H,3,5,7-14,16-19,21H2,1-2H3. The number of fused-ring (bicyclic) bond motifs is 1. The lowest BCUT2D eigenvalue weighted by Crippen LogP contribution is -2.26. The Balaban J connectivity index is 1.24. The van der Waals surface area contributed by atoms with E-state index in [1.165, 1.54) is 77.0 Å². The van der Waals surface area contributed by atoms with Crippen molar-refractivity contribution in [3.63, 3.8) is 0 Å². The van der Waals surface area contributed by atoms with Gasteiger partial charge >= 0.3 is 0 Å². The summed E-state index contributed by atoms with van der Waals surface area (Å²) in [6.45, 7) is 4.41. The number of ether oxygens (including phenoxy) is 1. The van der Waals surface area contributed by atoms with Crippen molar-refractivity contribution in [1.82, 2.24) is 0 Å². The molecule has 0 heterocycles. The van der Waals surface area contributed by atoms with Crippen molar-refractivity contribution in [2.24, 2.45) is 23.7 Å². The van der Waals surface area contributed by atoms with Crippen molar-refractivity contribution in [1.29, 1.82) is 0 Å². The van der Waals surface area contributed by atoms with E-state index in [-0.39, 0.29) is 12.4 Å². The number of rotatable bonds is 11. The van der Waals surface area contributed by atoms with Gasteiger partial charge in [-0.05, 0) is 92.2 Å². The van der Waals surface area contributed by atoms with Crippen molar-refractivity contribution in [2.45, 2.75) is 104 Å². The summed E-state index contributed by atoms with van der Waals surface area (Å²) in [4.78, 5) is 0. The first-order valence-corrected chi connectivity index (χ1v) is 14.7. The average molecular weight is 497 g/mol. The predicted octanol–water partition coefficient (Wildman–Crippen LogP) is 10.2. The van der Waals surface area contributed by atoms with Gasteiger partial charge < -0.3 is 4.74 Å². The molecule has 0 aliphatic heterocycles. The van der Waals surface area contributed by atoms with Gasteiger partial charge in [-0.2, -0.15) is 4.39 Å². The highest BCUT2D eigenvalue weighted by atomic mass is 19.2. The molecule has 0 N–H and O–H groups in total. The molecule has 2 fully saturated rings. The summed E-state index contributed by atoms with van der Waals surface area (Å²) in [7, 11) is 0. The maximum absolute atomic E-state index is 14.8. The Kier molecular flexibility index (Phi) is 10.2. The minimum Gasteiger partial charge on any atom is -0.486 e. The zero-order valence-corrected chi connectivity index (χ0v) is 22.5. The van der Waals surface area contributed by atoms with Crippen LogP contribution in [-0.2, 0) is 6.42 Å². The van der Waals surface area contributed by atoms with Gasteiger partial charge in [-0.3, -0.25) is 0 Å². The van der Waals surface area contributed by atoms with Crippen molar-refractivity contribution in [3.05, 3.63) is 53.6 Å². The Bertz CT molecular complexity index is 981. The van der Waals surface area contributed by atoms with E-state index in [0.29, 0.717) is 10.8 Å². The molecule has 2 aromatic rings. The first-order chi connectivity index (χ1) is 17.6. The molecule has 2 saturated carbocycles. The second-order valence-corrected chi connectivity index (χ2v) is 11.5. The van der Waals surface area contributed by atoms with Gasteiger partial charge in [0.15, 0.2) is 11.6 Å². The summed E-state index contributed by atoms with van der Waals surface area (Å²) in [6.07, 6.45) is 22.7. The van der Waals surface area contributed by atoms with Crippen LogP contribution in [0.2, 0.25) is 0 Å². The minimum absolute atomic E-state index is 0.0208. The SMILES string of the molecule is CC=CCOc1cc2ccc(CCC3CCC(C4CCC(CCCCC)CC4)CC3)cc2c(F)c1F. The normalized spacial score (nSPS) is 25.0. The number of benzene rings is 2. The molecule has 0 amide bonds. The number of hydrogen-bond donors (Lipinski definition) is 0. The topological polar surface area (TPSA) is 9.23 Å². The van der Waals surface area contributed by atoms with E-state index in [0.717, 1.165) is 42.1 Å². The second kappa shape index (κ2) is 13.6. The number of hydrogen-bond acceptors (Lipinski definition) is 1. The lowest BCUT2D eigenvalue weighted by atomic mass is 9.68. The molecule has 0 bridgehead atoms. The van der Waals surface area contributed by atoms with Crippen molar-refractivity contribution in [2.75, 3.05) is 6.61 Å². The third-order valence-electron chi connectivity index (χ3n) is 9.13. The third kappa shape index (κ3) is 7.11. The zero-order valence-electron chi connectivity index (χ0n) is 22.5. The first-order valence-electron chi connectivity index (χ1n) is 14.7. The predicted molar refractivity (Wildman–Crippen MR) is 148 cm³/mol. The maximum atomic E-state index is 14.8. The number of aryl methyl sites for hydroxylation is 1. The highest BCUT2D eigenvalue weighted by Gasteiger charge is 2.30. The van der Waals surface area contributed by atoms with Crippen LogP contribution >= 0.6 is 0 Å². The van der Waals surface area contributed by atoms with Crippen LogP contribution in [0, 0.1) is 35.3 Å². The van der Waals surface area contributed by atoms with Gasteiger partial charge in [0.25, 0.3) is 0 Å². The van der Waals surface area contributed by atoms with E-state index in [2.05, 4.69) is 13.0 Å². The molecular weight excluding hydrogens is 450 g/mol. The fourth-order valence-corrected chi connectivity index (χ4v) is 6.80. The van der Waals surface area contributed by atoms with Crippen LogP contribution in [0.15, 0.2) is 36.4 Å². The van der Waals surface area contributed by atoms with Crippen molar-refractivity contribution >= 4 is 10.8 Å². The number of unbranched alkanes of at least 4 members (excludes halogenated alkanes) is 2. The molecule has 0 unspecified atom stereocenters. The van der Waals surface area contributed by atoms with Gasteiger partial charge in [-0.25, -0.2) is 4.39 Å². The lowest BCUT2D eigenvalue weighted by Gasteiger charge is -2.38. The molecule has 2 aromatic carbocycles. The molecule has 0 spiro atoms. The molecule has 4 rings (SSSR count). The quantitative estimate of drug-likeness (QED) is 0.222. The van der Waals surface area contributed by atoms with Gasteiger partial charge in [-0.15, -0.1) is 0 Å². The molecule has 2 aliphatic rings. The summed E-state index contributed by atoms with van der Waals surface area (Å²) < 4.78 is 34.7. The Morgan fingerprint density at radius 3 is 2.14 bits per heavy atom. The maximum Gasteiger partial charge on any atom is 0.201 e. The largest absolute Gasteiger partial charge is 0.486 e. The van der Waals surface area contributed by atoms with Crippen LogP contribution in [0.1, 0.15) is 103 Å². The fourth-order valence-electron chi connectivity index (χ4n) is 6.80. The van der Waals surface area contributed by atoms with E-state index < -0.39 is 11.6 Å². The van der Waals surface area contributed by atoms with E-state index >= 15 is 0 Å². The van der Waals surface area contributed by atoms with Gasteiger partial charge in [0.05, 0.1) is 0 Å². The molecular formula is C33H46F2O. The summed E-state index contributed by atoms with van der Waals surface area (Å²) in [5.41, 5.74) is 1.10. The second-order valence-electron chi connectivity index (χ2n) is 11.5. The average Bonchev–Trinajstić information content (AvgIpc) is 2.91. The highest BCUT2D eigenvalue weighted by molar-refractivity contribution is 5.85. The van der Waals surface area contributed by atoms with Crippen LogP contribution in [0.4, 0.5) is 8.78 Å². The van der Waals surface area contributed by atoms with E-state index in [9.17, 15) is 8.78 Å². The van der Waals surface area contributed by atoms with E-state index in [1.807, 2.05) is 25.1 Å². The summed E-state index contributed by atoms with van der Waals surface area (Å²) in [5.74, 6) is 1.97. The minimum atomic E-state index is -0.891. The summed E-state index contributed by atoms with van der Waals surface area (Å²) in [5, 5.41) is 1.05. The van der Waals surface area contributed by atoms with E-state index in [1.54, 1.807) is 12.1 Å². The van der Waals surface area contributed by atoms with E-state index in [4.69, 9.17) is 4.74 Å². The van der Waals surface area contributed by atoms with Gasteiger partial charge in [0.1, 0.15) is 6.61 Å². The van der Waals surface area contributed by atoms with Crippen LogP contribution in [0.3, 0.4) is 0 Å². The molecule has 1 nitrogen and oxygen atoms in total. The molecule has 0 atom stereocenters. The smallest absolute Gasteiger partial charge is 0.201 e. The Morgan fingerprint density at radius 2 is 1.50 bits per heavy atom. The number of halogens is 2. The molecule has 0 saturated heterocycles. The highest BCUT2D eigenvalue weighted by Crippen LogP contribution is 2.43.